The lowest BCUT2D eigenvalue weighted by Gasteiger charge is -2.27. The van der Waals surface area contributed by atoms with Gasteiger partial charge in [-0.05, 0) is 30.5 Å². The molecule has 0 bridgehead atoms. The van der Waals surface area contributed by atoms with Gasteiger partial charge in [0.15, 0.2) is 0 Å². The Morgan fingerprint density at radius 1 is 1.38 bits per heavy atom. The topological polar surface area (TPSA) is 49.4 Å². The van der Waals surface area contributed by atoms with Crippen LogP contribution >= 0.6 is 11.3 Å². The average Bonchev–Trinajstić information content (AvgIpc) is 3.21. The van der Waals surface area contributed by atoms with Crippen LogP contribution in [0, 0.1) is 25.2 Å². The number of carbonyl (C=O) groups is 2. The molecule has 1 aliphatic rings. The molecule has 0 aliphatic carbocycles. The Labute approximate surface area is 145 Å². The molecule has 0 radical (unpaired) electrons. The van der Waals surface area contributed by atoms with Crippen LogP contribution in [0.1, 0.15) is 22.9 Å². The van der Waals surface area contributed by atoms with E-state index in [2.05, 4.69) is 11.2 Å². The molecule has 1 saturated heterocycles. The van der Waals surface area contributed by atoms with Crippen LogP contribution in [-0.4, -0.2) is 18.4 Å². The summed E-state index contributed by atoms with van der Waals surface area (Å²) >= 11 is 1.55. The Bertz CT molecular complexity index is 775. The van der Waals surface area contributed by atoms with E-state index in [0.717, 1.165) is 16.1 Å². The number of nitrogens with one attached hydrogen (secondary N) is 1. The summed E-state index contributed by atoms with van der Waals surface area (Å²) in [5, 5.41) is 4.68. The molecule has 0 saturated carbocycles. The van der Waals surface area contributed by atoms with E-state index in [9.17, 15) is 9.59 Å². The van der Waals surface area contributed by atoms with Crippen LogP contribution in [0.25, 0.3) is 0 Å². The van der Waals surface area contributed by atoms with Crippen molar-refractivity contribution in [3.8, 4) is 12.3 Å². The van der Waals surface area contributed by atoms with Crippen LogP contribution in [0.3, 0.4) is 0 Å². The summed E-state index contributed by atoms with van der Waals surface area (Å²) in [6.07, 6.45) is 5.41. The molecule has 2 amide bonds. The lowest BCUT2D eigenvalue weighted by molar-refractivity contribution is -0.126. The van der Waals surface area contributed by atoms with Gasteiger partial charge < -0.3 is 10.2 Å². The Balaban J connectivity index is 1.98. The minimum absolute atomic E-state index is 0.0434. The van der Waals surface area contributed by atoms with Crippen molar-refractivity contribution in [3.05, 3.63) is 52.2 Å². The van der Waals surface area contributed by atoms with Gasteiger partial charge in [0.2, 0.25) is 11.8 Å². The first-order valence-electron chi connectivity index (χ1n) is 7.75. The van der Waals surface area contributed by atoms with Crippen molar-refractivity contribution in [1.82, 2.24) is 5.32 Å². The van der Waals surface area contributed by atoms with Gasteiger partial charge >= 0.3 is 0 Å². The number of benzene rings is 1. The highest BCUT2D eigenvalue weighted by atomic mass is 32.1. The molecule has 1 aromatic heterocycles. The van der Waals surface area contributed by atoms with Crippen LogP contribution in [0.5, 0.6) is 0 Å². The Morgan fingerprint density at radius 2 is 2.12 bits per heavy atom. The third kappa shape index (κ3) is 3.06. The van der Waals surface area contributed by atoms with E-state index >= 15 is 0 Å². The number of rotatable bonds is 4. The van der Waals surface area contributed by atoms with Crippen molar-refractivity contribution in [3.63, 3.8) is 0 Å². The highest BCUT2D eigenvalue weighted by Crippen LogP contribution is 2.42. The molecule has 24 heavy (non-hydrogen) atoms. The lowest BCUT2D eigenvalue weighted by atomic mass is 9.97. The number of hydrogen-bond acceptors (Lipinski definition) is 3. The molecule has 1 aromatic carbocycles. The molecular weight excluding hydrogens is 320 g/mol. The summed E-state index contributed by atoms with van der Waals surface area (Å²) in [5.41, 5.74) is 1.94. The zero-order valence-corrected chi connectivity index (χ0v) is 14.2. The number of nitrogens with zero attached hydrogens (tertiary/aromatic N) is 1. The smallest absolute Gasteiger partial charge is 0.228 e. The van der Waals surface area contributed by atoms with Gasteiger partial charge in [0, 0.05) is 17.0 Å². The number of hydrogen-bond donors (Lipinski definition) is 1. The monoisotopic (exact) mass is 338 g/mol. The van der Waals surface area contributed by atoms with Crippen LogP contribution < -0.4 is 10.2 Å². The van der Waals surface area contributed by atoms with Gasteiger partial charge in [-0.1, -0.05) is 29.7 Å². The first-order chi connectivity index (χ1) is 11.6. The third-order valence-electron chi connectivity index (χ3n) is 4.17. The maximum absolute atomic E-state index is 12.7. The van der Waals surface area contributed by atoms with Gasteiger partial charge in [0.1, 0.15) is 0 Å². The average molecular weight is 338 g/mol. The predicted molar refractivity (Wildman–Crippen MR) is 95.7 cm³/mol. The maximum atomic E-state index is 12.7. The molecule has 4 nitrogen and oxygen atoms in total. The van der Waals surface area contributed by atoms with Crippen molar-refractivity contribution in [1.29, 1.82) is 0 Å². The Kier molecular flexibility index (Phi) is 4.68. The van der Waals surface area contributed by atoms with E-state index in [4.69, 9.17) is 6.42 Å². The fraction of sp³-hybridized carbons (Fsp3) is 0.263. The predicted octanol–water partition coefficient (Wildman–Crippen LogP) is 2.90. The van der Waals surface area contributed by atoms with Crippen molar-refractivity contribution in [2.75, 3.05) is 11.4 Å². The summed E-state index contributed by atoms with van der Waals surface area (Å²) in [4.78, 5) is 27.9. The number of thiophene rings is 1. The number of terminal acetylenes is 1. The van der Waals surface area contributed by atoms with E-state index in [1.54, 1.807) is 16.2 Å². The molecule has 2 atom stereocenters. The zero-order chi connectivity index (χ0) is 17.1. The zero-order valence-electron chi connectivity index (χ0n) is 13.4. The number of carbonyl (C=O) groups excluding carboxylic acids is 2. The molecule has 1 N–H and O–H groups in total. The molecule has 2 heterocycles. The van der Waals surface area contributed by atoms with E-state index in [1.165, 1.54) is 0 Å². The van der Waals surface area contributed by atoms with E-state index in [1.807, 2.05) is 48.7 Å². The summed E-state index contributed by atoms with van der Waals surface area (Å²) in [6, 6.07) is 11.4. The molecular formula is C19H18N2O2S. The second kappa shape index (κ2) is 6.90. The Hall–Kier alpha value is -2.58. The first-order valence-corrected chi connectivity index (χ1v) is 8.63. The minimum atomic E-state index is -0.439. The number of aryl methyl sites for hydroxylation is 1. The highest BCUT2D eigenvalue weighted by Gasteiger charge is 2.45. The van der Waals surface area contributed by atoms with Crippen molar-refractivity contribution in [2.24, 2.45) is 5.92 Å². The highest BCUT2D eigenvalue weighted by molar-refractivity contribution is 7.10. The molecule has 2 unspecified atom stereocenters. The van der Waals surface area contributed by atoms with Crippen LogP contribution in [0.15, 0.2) is 41.8 Å². The molecule has 3 rings (SSSR count). The lowest BCUT2D eigenvalue weighted by Crippen LogP contribution is -2.35. The fourth-order valence-electron chi connectivity index (χ4n) is 3.03. The number of anilines is 1. The molecule has 122 valence electrons. The molecule has 1 aliphatic heterocycles. The van der Waals surface area contributed by atoms with Gasteiger partial charge in [-0.25, -0.2) is 0 Å². The van der Waals surface area contributed by atoms with Gasteiger partial charge in [-0.2, -0.15) is 0 Å². The molecule has 0 spiro atoms. The third-order valence-corrected chi connectivity index (χ3v) is 5.11. The van der Waals surface area contributed by atoms with Crippen LogP contribution in [-0.2, 0) is 9.59 Å². The normalized spacial score (nSPS) is 20.0. The van der Waals surface area contributed by atoms with Gasteiger partial charge in [-0.15, -0.1) is 17.8 Å². The SMILES string of the molecule is C#CCNC(=O)C1CC(=O)N(c2ccc(C)cc2)C1c1cccs1. The summed E-state index contributed by atoms with van der Waals surface area (Å²) < 4.78 is 0. The first kappa shape index (κ1) is 16.3. The van der Waals surface area contributed by atoms with Crippen molar-refractivity contribution in [2.45, 2.75) is 19.4 Å². The van der Waals surface area contributed by atoms with E-state index in [-0.39, 0.29) is 30.8 Å². The van der Waals surface area contributed by atoms with Gasteiger partial charge in [0.05, 0.1) is 18.5 Å². The molecule has 2 aromatic rings. The molecule has 1 fully saturated rings. The van der Waals surface area contributed by atoms with Crippen molar-refractivity contribution >= 4 is 28.8 Å². The standard InChI is InChI=1S/C19H18N2O2S/c1-3-10-20-19(23)15-12-17(22)21(14-8-6-13(2)7-9-14)18(15)16-5-4-11-24-16/h1,4-9,11,15,18H,10,12H2,2H3,(H,20,23). The molecule has 5 heteroatoms. The Morgan fingerprint density at radius 3 is 2.75 bits per heavy atom. The largest absolute Gasteiger partial charge is 0.345 e. The fourth-order valence-corrected chi connectivity index (χ4v) is 3.91. The second-order valence-electron chi connectivity index (χ2n) is 5.79. The summed E-state index contributed by atoms with van der Waals surface area (Å²) in [6.45, 7) is 2.17. The number of amides is 2. The van der Waals surface area contributed by atoms with Crippen molar-refractivity contribution < 1.29 is 9.59 Å². The van der Waals surface area contributed by atoms with Gasteiger partial charge in [0.25, 0.3) is 0 Å². The van der Waals surface area contributed by atoms with Gasteiger partial charge in [-0.3, -0.25) is 9.59 Å². The minimum Gasteiger partial charge on any atom is -0.345 e. The van der Waals surface area contributed by atoms with E-state index < -0.39 is 5.92 Å². The van der Waals surface area contributed by atoms with Crippen LogP contribution in [0.4, 0.5) is 5.69 Å². The summed E-state index contributed by atoms with van der Waals surface area (Å²) in [5.74, 6) is 1.75. The van der Waals surface area contributed by atoms with E-state index in [0.29, 0.717) is 0 Å². The quantitative estimate of drug-likeness (QED) is 0.872. The second-order valence-corrected chi connectivity index (χ2v) is 6.77. The maximum Gasteiger partial charge on any atom is 0.228 e. The van der Waals surface area contributed by atoms with Crippen LogP contribution in [0.2, 0.25) is 0 Å². The summed E-state index contributed by atoms with van der Waals surface area (Å²) in [7, 11) is 0.